The summed E-state index contributed by atoms with van der Waals surface area (Å²) in [4.78, 5) is 38.5. The highest BCUT2D eigenvalue weighted by Gasteiger charge is 2.19. The van der Waals surface area contributed by atoms with E-state index >= 15 is 0 Å². The van der Waals surface area contributed by atoms with Crippen molar-refractivity contribution in [2.75, 3.05) is 13.2 Å². The second-order valence-electron chi connectivity index (χ2n) is 24.1. The molecule has 0 saturated heterocycles. The molecule has 0 saturated carbocycles. The maximum absolute atomic E-state index is 13.0. The second-order valence-corrected chi connectivity index (χ2v) is 24.1. The van der Waals surface area contributed by atoms with Gasteiger partial charge in [-0.3, -0.25) is 14.4 Å². The standard InChI is InChI=1S/C76H136O6/c1-4-7-10-13-16-19-22-25-28-31-34-37-40-42-45-48-51-54-57-60-63-66-69-75(78)81-72-73(82-76(79)70-67-64-61-58-55-52-49-46-43-39-36-33-30-27-24-21-18-15-12-9-6-3)71-80-74(77)68-65-62-59-56-53-50-47-44-41-38-35-32-29-26-23-20-17-14-11-8-5-2/h9,12,18,21,27,30,36,39,46,49,55,58,73H,4-8,10-11,13-17,19-20,22-26,28-29,31-35,37-38,40-45,47-48,50-54,56-57,59-72H2,1-3H3/b12-9-,21-18-,30-27-,39-36-,49-46-,58-55-. The third-order valence-electron chi connectivity index (χ3n) is 16.0. The average molecular weight is 1150 g/mol. The van der Waals surface area contributed by atoms with Gasteiger partial charge in [0.15, 0.2) is 6.10 Å². The van der Waals surface area contributed by atoms with Crippen LogP contribution in [-0.2, 0) is 28.6 Å². The molecule has 6 heteroatoms. The van der Waals surface area contributed by atoms with Gasteiger partial charge in [0.2, 0.25) is 0 Å². The van der Waals surface area contributed by atoms with Gasteiger partial charge in [0.1, 0.15) is 13.2 Å². The second kappa shape index (κ2) is 70.3. The highest BCUT2D eigenvalue weighted by Crippen LogP contribution is 2.18. The van der Waals surface area contributed by atoms with Gasteiger partial charge in [-0.25, -0.2) is 0 Å². The molecule has 1 atom stereocenters. The number of hydrogen-bond acceptors (Lipinski definition) is 6. The van der Waals surface area contributed by atoms with E-state index in [0.717, 1.165) is 89.9 Å². The van der Waals surface area contributed by atoms with Crippen LogP contribution < -0.4 is 0 Å². The van der Waals surface area contributed by atoms with Crippen LogP contribution in [-0.4, -0.2) is 37.2 Å². The first-order valence-electron chi connectivity index (χ1n) is 35.9. The van der Waals surface area contributed by atoms with Crippen molar-refractivity contribution < 1.29 is 28.6 Å². The van der Waals surface area contributed by atoms with E-state index in [2.05, 4.69) is 93.7 Å². The van der Waals surface area contributed by atoms with Crippen LogP contribution in [0.1, 0.15) is 374 Å². The molecule has 0 bridgehead atoms. The predicted octanol–water partition coefficient (Wildman–Crippen LogP) is 24.8. The number of allylic oxidation sites excluding steroid dienone is 12. The van der Waals surface area contributed by atoms with Gasteiger partial charge in [-0.05, 0) is 70.6 Å². The van der Waals surface area contributed by atoms with Crippen LogP contribution >= 0.6 is 0 Å². The number of rotatable bonds is 66. The Morgan fingerprint density at radius 1 is 0.256 bits per heavy atom. The topological polar surface area (TPSA) is 78.9 Å². The summed E-state index contributed by atoms with van der Waals surface area (Å²) in [6.07, 6.45) is 92.2. The summed E-state index contributed by atoms with van der Waals surface area (Å²) in [5.74, 6) is -0.906. The minimum absolute atomic E-state index is 0.0882. The third kappa shape index (κ3) is 67.6. The fourth-order valence-corrected chi connectivity index (χ4v) is 10.6. The Hall–Kier alpha value is -3.15. The van der Waals surface area contributed by atoms with Crippen LogP contribution in [0.5, 0.6) is 0 Å². The van der Waals surface area contributed by atoms with Crippen molar-refractivity contribution in [3.63, 3.8) is 0 Å². The SMILES string of the molecule is CC/C=C\C/C=C\C/C=C\C/C=C\C/C=C\C/C=C\CCCCC(=O)OC(COC(=O)CCCCCCCCCCCCCCCCCCCCCCC)COC(=O)CCCCCCCCCCCCCCCCCCCCCCCC. The minimum Gasteiger partial charge on any atom is -0.462 e. The predicted molar refractivity (Wildman–Crippen MR) is 358 cm³/mol. The van der Waals surface area contributed by atoms with Crippen molar-refractivity contribution in [3.8, 4) is 0 Å². The molecule has 0 amide bonds. The highest BCUT2D eigenvalue weighted by atomic mass is 16.6. The van der Waals surface area contributed by atoms with Crippen LogP contribution in [0.15, 0.2) is 72.9 Å². The molecule has 6 nitrogen and oxygen atoms in total. The van der Waals surface area contributed by atoms with Crippen molar-refractivity contribution in [1.82, 2.24) is 0 Å². The van der Waals surface area contributed by atoms with Crippen molar-refractivity contribution >= 4 is 17.9 Å². The Morgan fingerprint density at radius 2 is 0.476 bits per heavy atom. The molecule has 0 aliphatic rings. The van der Waals surface area contributed by atoms with E-state index in [1.165, 1.54) is 238 Å². The summed E-state index contributed by atoms with van der Waals surface area (Å²) in [6, 6.07) is 0. The lowest BCUT2D eigenvalue weighted by Crippen LogP contribution is -2.30. The van der Waals surface area contributed by atoms with Crippen LogP contribution in [0.2, 0.25) is 0 Å². The summed E-state index contributed by atoms with van der Waals surface area (Å²) in [6.45, 7) is 6.57. The van der Waals surface area contributed by atoms with Crippen molar-refractivity contribution in [2.45, 2.75) is 380 Å². The van der Waals surface area contributed by atoms with Crippen LogP contribution in [0, 0.1) is 0 Å². The maximum atomic E-state index is 13.0. The third-order valence-corrected chi connectivity index (χ3v) is 16.0. The van der Waals surface area contributed by atoms with Crippen molar-refractivity contribution in [3.05, 3.63) is 72.9 Å². The number of carbonyl (C=O) groups excluding carboxylic acids is 3. The Labute approximate surface area is 510 Å². The molecule has 0 aromatic carbocycles. The molecular weight excluding hydrogens is 1010 g/mol. The normalized spacial score (nSPS) is 12.5. The fourth-order valence-electron chi connectivity index (χ4n) is 10.6. The molecular formula is C76H136O6. The van der Waals surface area contributed by atoms with Gasteiger partial charge >= 0.3 is 17.9 Å². The minimum atomic E-state index is -0.798. The van der Waals surface area contributed by atoms with Gasteiger partial charge in [0.05, 0.1) is 0 Å². The van der Waals surface area contributed by atoms with Gasteiger partial charge in [0, 0.05) is 19.3 Å². The van der Waals surface area contributed by atoms with Gasteiger partial charge in [-0.15, -0.1) is 0 Å². The number of carbonyl (C=O) groups is 3. The lowest BCUT2D eigenvalue weighted by atomic mass is 10.0. The number of esters is 3. The highest BCUT2D eigenvalue weighted by molar-refractivity contribution is 5.71. The molecule has 0 radical (unpaired) electrons. The Kier molecular flexibility index (Phi) is 67.6. The summed E-state index contributed by atoms with van der Waals surface area (Å²) < 4.78 is 17.0. The molecule has 0 rings (SSSR count). The number of ether oxygens (including phenoxy) is 3. The average Bonchev–Trinajstić information content (AvgIpc) is 3.47. The molecule has 476 valence electrons. The van der Waals surface area contributed by atoms with Gasteiger partial charge in [-0.2, -0.15) is 0 Å². The van der Waals surface area contributed by atoms with Gasteiger partial charge in [-0.1, -0.05) is 357 Å². The van der Waals surface area contributed by atoms with Gasteiger partial charge < -0.3 is 14.2 Å². The zero-order valence-electron chi connectivity index (χ0n) is 54.8. The molecule has 0 aromatic rings. The maximum Gasteiger partial charge on any atom is 0.306 e. The zero-order valence-corrected chi connectivity index (χ0v) is 54.8. The van der Waals surface area contributed by atoms with E-state index in [1.807, 2.05) is 0 Å². The molecule has 0 N–H and O–H groups in total. The van der Waals surface area contributed by atoms with Crippen LogP contribution in [0.3, 0.4) is 0 Å². The fraction of sp³-hybridized carbons (Fsp3) is 0.803. The molecule has 82 heavy (non-hydrogen) atoms. The molecule has 0 aliphatic carbocycles. The van der Waals surface area contributed by atoms with E-state index in [1.54, 1.807) is 0 Å². The summed E-state index contributed by atoms with van der Waals surface area (Å²) in [5, 5.41) is 0. The molecule has 1 unspecified atom stereocenters. The van der Waals surface area contributed by atoms with Crippen molar-refractivity contribution in [2.24, 2.45) is 0 Å². The Morgan fingerprint density at radius 3 is 0.744 bits per heavy atom. The lowest BCUT2D eigenvalue weighted by molar-refractivity contribution is -0.167. The Balaban J connectivity index is 4.39. The first-order valence-corrected chi connectivity index (χ1v) is 35.9. The molecule has 0 aromatic heterocycles. The van der Waals surface area contributed by atoms with E-state index in [9.17, 15) is 14.4 Å². The van der Waals surface area contributed by atoms with E-state index in [4.69, 9.17) is 14.2 Å². The zero-order chi connectivity index (χ0) is 59.2. The monoisotopic (exact) mass is 1150 g/mol. The summed E-state index contributed by atoms with van der Waals surface area (Å²) >= 11 is 0. The number of hydrogen-bond donors (Lipinski definition) is 0. The molecule has 0 spiro atoms. The van der Waals surface area contributed by atoms with Crippen LogP contribution in [0.4, 0.5) is 0 Å². The first-order chi connectivity index (χ1) is 40.5. The summed E-state index contributed by atoms with van der Waals surface area (Å²) in [7, 11) is 0. The summed E-state index contributed by atoms with van der Waals surface area (Å²) in [5.41, 5.74) is 0. The number of unbranched alkanes of at least 4 members (excludes halogenated alkanes) is 43. The van der Waals surface area contributed by atoms with Gasteiger partial charge in [0.25, 0.3) is 0 Å². The Bertz CT molecular complexity index is 1500. The van der Waals surface area contributed by atoms with Crippen LogP contribution in [0.25, 0.3) is 0 Å². The largest absolute Gasteiger partial charge is 0.462 e. The molecule has 0 fully saturated rings. The quantitative estimate of drug-likeness (QED) is 0.0261. The smallest absolute Gasteiger partial charge is 0.306 e. The van der Waals surface area contributed by atoms with E-state index in [0.29, 0.717) is 19.3 Å². The van der Waals surface area contributed by atoms with Crippen molar-refractivity contribution in [1.29, 1.82) is 0 Å². The van der Waals surface area contributed by atoms with E-state index in [-0.39, 0.29) is 37.5 Å². The molecule has 0 aliphatic heterocycles. The molecule has 0 heterocycles. The van der Waals surface area contributed by atoms with E-state index < -0.39 is 6.10 Å². The lowest BCUT2D eigenvalue weighted by Gasteiger charge is -2.18. The first kappa shape index (κ1) is 78.8.